The van der Waals surface area contributed by atoms with E-state index in [-0.39, 0.29) is 31.9 Å². The van der Waals surface area contributed by atoms with Gasteiger partial charge in [0.25, 0.3) is 0 Å². The summed E-state index contributed by atoms with van der Waals surface area (Å²) >= 11 is 0. The van der Waals surface area contributed by atoms with Crippen LogP contribution in [0.15, 0.2) is 102 Å². The van der Waals surface area contributed by atoms with Crippen molar-refractivity contribution < 1.29 is 21.1 Å². The van der Waals surface area contributed by atoms with Gasteiger partial charge in [-0.05, 0) is 72.2 Å². The van der Waals surface area contributed by atoms with Crippen LogP contribution >= 0.6 is 0 Å². The molecule has 0 atom stereocenters. The third kappa shape index (κ3) is 6.68. The summed E-state index contributed by atoms with van der Waals surface area (Å²) in [4.78, 5) is 9.01. The zero-order chi connectivity index (χ0) is 31.8. The van der Waals surface area contributed by atoms with Gasteiger partial charge in [0, 0.05) is 34.1 Å². The van der Waals surface area contributed by atoms with Crippen LogP contribution in [0.4, 0.5) is 34.1 Å². The Morgan fingerprint density at radius 3 is 1.42 bits per heavy atom. The molecule has 232 valence electrons. The van der Waals surface area contributed by atoms with Crippen molar-refractivity contribution in [3.05, 3.63) is 139 Å². The number of nitrogens with zero attached hydrogens (tertiary/aromatic N) is 5. The number of fused-ring (bicyclic) bond motifs is 1. The van der Waals surface area contributed by atoms with Crippen LogP contribution < -0.4 is 19.6 Å². The van der Waals surface area contributed by atoms with Gasteiger partial charge in [0.05, 0.1) is 0 Å². The molecule has 0 aromatic heterocycles. The third-order valence-corrected chi connectivity index (χ3v) is 8.42. The van der Waals surface area contributed by atoms with Gasteiger partial charge in [0.2, 0.25) is 0 Å². The molecule has 5 nitrogen and oxygen atoms in total. The van der Waals surface area contributed by atoms with E-state index in [2.05, 4.69) is 185 Å². The van der Waals surface area contributed by atoms with Crippen LogP contribution in [0, 0.1) is 31.2 Å². The summed E-state index contributed by atoms with van der Waals surface area (Å²) in [5.74, 6) is 0. The molecule has 0 unspecified atom stereocenters. The Morgan fingerprint density at radius 1 is 0.533 bits per heavy atom. The first-order valence-electron chi connectivity index (χ1n) is 15.0. The van der Waals surface area contributed by atoms with E-state index in [0.717, 1.165) is 34.1 Å². The Labute approximate surface area is 284 Å². The molecule has 2 heterocycles. The van der Waals surface area contributed by atoms with Gasteiger partial charge in [-0.25, -0.2) is 0 Å². The number of anilines is 6. The van der Waals surface area contributed by atoms with E-state index in [0.29, 0.717) is 0 Å². The minimum absolute atomic E-state index is 0. The molecule has 0 N–H and O–H groups in total. The van der Waals surface area contributed by atoms with Crippen LogP contribution in [-0.2, 0) is 31.9 Å². The second-order valence-electron chi connectivity index (χ2n) is 13.4. The van der Waals surface area contributed by atoms with Crippen LogP contribution in [0.25, 0.3) is 0 Å². The molecular formula is C39H41N5Pt. The Kier molecular flexibility index (Phi) is 9.91. The average Bonchev–Trinajstić information content (AvgIpc) is 3.55. The SMILES string of the molecule is CC1=C(C)N(c2ccc(C(C)(C)C)cc2)[CH-]N1c1[c-]c(N2[CH-]N(c3ccc(C(C)(C)C)cc3)c3ccccc32)ccc1.[C-]#N.[Pt+4]. The molecule has 0 radical (unpaired) electrons. The predicted molar refractivity (Wildman–Crippen MR) is 183 cm³/mol. The first-order chi connectivity index (χ1) is 20.9. The summed E-state index contributed by atoms with van der Waals surface area (Å²) in [7, 11) is 0. The van der Waals surface area contributed by atoms with Crippen LogP contribution in [0.1, 0.15) is 66.5 Å². The second kappa shape index (κ2) is 13.2. The van der Waals surface area contributed by atoms with Crippen LogP contribution in [0.2, 0.25) is 0 Å². The summed E-state index contributed by atoms with van der Waals surface area (Å²) in [5, 5.41) is 6.25. The Hall–Kier alpha value is -4.00. The van der Waals surface area contributed by atoms with Crippen molar-refractivity contribution in [1.29, 1.82) is 5.26 Å². The Bertz CT molecular complexity index is 1670. The molecule has 0 aliphatic carbocycles. The molecule has 0 amide bonds. The summed E-state index contributed by atoms with van der Waals surface area (Å²) in [5.41, 5.74) is 11.9. The van der Waals surface area contributed by atoms with Gasteiger partial charge in [-0.1, -0.05) is 77.9 Å². The molecule has 4 aromatic rings. The molecule has 0 saturated heterocycles. The van der Waals surface area contributed by atoms with Gasteiger partial charge in [-0.3, -0.25) is 0 Å². The molecular weight excluding hydrogens is 734 g/mol. The number of benzene rings is 4. The fourth-order valence-corrected chi connectivity index (χ4v) is 5.62. The first-order valence-corrected chi connectivity index (χ1v) is 15.0. The van der Waals surface area contributed by atoms with Crippen molar-refractivity contribution >= 4 is 34.1 Å². The molecule has 6 heteroatoms. The molecule has 6 rings (SSSR count). The van der Waals surface area contributed by atoms with Crippen molar-refractivity contribution in [1.82, 2.24) is 0 Å². The second-order valence-corrected chi connectivity index (χ2v) is 13.4. The third-order valence-electron chi connectivity index (χ3n) is 8.42. The number of rotatable bonds is 4. The smallest absolute Gasteiger partial charge is 0.512 e. The minimum Gasteiger partial charge on any atom is -0.512 e. The van der Waals surface area contributed by atoms with E-state index < -0.39 is 0 Å². The normalized spacial score (nSPS) is 14.6. The van der Waals surface area contributed by atoms with E-state index in [1.54, 1.807) is 0 Å². The van der Waals surface area contributed by atoms with E-state index >= 15 is 0 Å². The molecule has 0 fully saturated rings. The first kappa shape index (κ1) is 33.9. The standard InChI is InChI=1S/C38H41N4.CN.Pt/c1-27-28(2)40(25-39(27)31-20-16-29(17-21-31)37(3,4)5)33-12-11-13-34(24-33)42-26-41(35-14-9-10-15-36(35)42)32-22-18-30(19-23-32)38(6,7)8;1-2;/h9-23,25-26H,1-8H3;;/q-3;-1;+4. The van der Waals surface area contributed by atoms with Gasteiger partial charge in [0.1, 0.15) is 0 Å². The number of allylic oxidation sites excluding steroid dienone is 2. The van der Waals surface area contributed by atoms with Crippen molar-refractivity contribution in [3.63, 3.8) is 0 Å². The summed E-state index contributed by atoms with van der Waals surface area (Å²) in [6.45, 7) is 27.0. The largest absolute Gasteiger partial charge is 4.00 e. The van der Waals surface area contributed by atoms with E-state index in [9.17, 15) is 0 Å². The van der Waals surface area contributed by atoms with E-state index in [1.807, 2.05) is 0 Å². The van der Waals surface area contributed by atoms with Crippen molar-refractivity contribution in [2.45, 2.75) is 66.2 Å². The zero-order valence-corrected chi connectivity index (χ0v) is 29.6. The number of hydrogen-bond acceptors (Lipinski definition) is 5. The van der Waals surface area contributed by atoms with Gasteiger partial charge < -0.3 is 31.4 Å². The summed E-state index contributed by atoms with van der Waals surface area (Å²) in [6, 6.07) is 36.5. The molecule has 4 aromatic carbocycles. The zero-order valence-electron chi connectivity index (χ0n) is 27.4. The average molecular weight is 775 g/mol. The fraction of sp³-hybridized carbons (Fsp3) is 0.256. The molecule has 45 heavy (non-hydrogen) atoms. The minimum atomic E-state index is 0. The Balaban J connectivity index is 0.00000151. The van der Waals surface area contributed by atoms with Gasteiger partial charge in [-0.2, -0.15) is 6.07 Å². The fourth-order valence-electron chi connectivity index (χ4n) is 5.62. The maximum absolute atomic E-state index is 6.25. The van der Waals surface area contributed by atoms with Crippen LogP contribution in [0.3, 0.4) is 0 Å². The van der Waals surface area contributed by atoms with Crippen molar-refractivity contribution in [2.75, 3.05) is 19.6 Å². The summed E-state index contributed by atoms with van der Waals surface area (Å²) < 4.78 is 0. The maximum atomic E-state index is 6.25. The number of hydrogen-bond donors (Lipinski definition) is 0. The predicted octanol–water partition coefficient (Wildman–Crippen LogP) is 10.3. The molecule has 2 aliphatic heterocycles. The molecule has 0 bridgehead atoms. The van der Waals surface area contributed by atoms with Crippen LogP contribution in [-0.4, -0.2) is 0 Å². The topological polar surface area (TPSA) is 36.8 Å². The van der Waals surface area contributed by atoms with Gasteiger partial charge in [-0.15, -0.1) is 42.9 Å². The van der Waals surface area contributed by atoms with E-state index in [1.165, 1.54) is 22.5 Å². The van der Waals surface area contributed by atoms with E-state index in [4.69, 9.17) is 11.8 Å². The van der Waals surface area contributed by atoms with Gasteiger partial charge in [0.15, 0.2) is 0 Å². The van der Waals surface area contributed by atoms with Crippen molar-refractivity contribution in [3.8, 4) is 0 Å². The van der Waals surface area contributed by atoms with Crippen molar-refractivity contribution in [2.24, 2.45) is 0 Å². The molecule has 2 aliphatic rings. The maximum Gasteiger partial charge on any atom is 4.00 e. The Morgan fingerprint density at radius 2 is 0.933 bits per heavy atom. The van der Waals surface area contributed by atoms with Gasteiger partial charge >= 0.3 is 21.1 Å². The summed E-state index contributed by atoms with van der Waals surface area (Å²) in [6.07, 6.45) is 0. The monoisotopic (exact) mass is 774 g/mol. The quantitative estimate of drug-likeness (QED) is 0.193. The molecule has 0 saturated carbocycles. The van der Waals surface area contributed by atoms with Crippen LogP contribution in [0.5, 0.6) is 0 Å². The molecule has 0 spiro atoms. The number of para-hydroxylation sites is 2.